The van der Waals surface area contributed by atoms with E-state index in [1.807, 2.05) is 20.9 Å². The minimum atomic E-state index is -1.69. The number of rotatable bonds is 3. The van der Waals surface area contributed by atoms with Crippen molar-refractivity contribution in [3.05, 3.63) is 0 Å². The quantitative estimate of drug-likeness (QED) is 0.546. The zero-order valence-corrected chi connectivity index (χ0v) is 21.7. The number of hydrogen-bond acceptors (Lipinski definition) is 7. The van der Waals surface area contributed by atoms with Gasteiger partial charge in [-0.3, -0.25) is 9.59 Å². The summed E-state index contributed by atoms with van der Waals surface area (Å²) in [6.45, 7) is 10.8. The molecule has 0 aromatic carbocycles. The largest absolute Gasteiger partial charge is 0.462 e. The lowest BCUT2D eigenvalue weighted by Crippen LogP contribution is -2.50. The van der Waals surface area contributed by atoms with Crippen molar-refractivity contribution >= 4 is 11.8 Å². The van der Waals surface area contributed by atoms with Crippen molar-refractivity contribution < 1.29 is 29.3 Å². The zero-order valence-electron chi connectivity index (χ0n) is 21.7. The first-order chi connectivity index (χ1) is 15.3. The second-order valence-electron chi connectivity index (χ2n) is 11.3. The minimum absolute atomic E-state index is 0.0665. The van der Waals surface area contributed by atoms with Crippen LogP contribution in [0.2, 0.25) is 0 Å². The summed E-state index contributed by atoms with van der Waals surface area (Å²) < 4.78 is 11.6. The van der Waals surface area contributed by atoms with Crippen molar-refractivity contribution in [2.75, 3.05) is 13.7 Å². The predicted octanol–water partition coefficient (Wildman–Crippen LogP) is 3.10. The number of cyclic esters (lactones) is 1. The lowest BCUT2D eigenvalue weighted by molar-refractivity contribution is -0.168. The van der Waals surface area contributed by atoms with Crippen LogP contribution in [-0.4, -0.2) is 65.6 Å². The molecule has 0 radical (unpaired) electrons. The van der Waals surface area contributed by atoms with Gasteiger partial charge in [-0.15, -0.1) is 0 Å². The molecule has 7 nitrogen and oxygen atoms in total. The van der Waals surface area contributed by atoms with Crippen LogP contribution in [0.3, 0.4) is 0 Å². The number of ether oxygens (including phenoxy) is 2. The number of aliphatic hydroxyl groups excluding tert-OH is 1. The van der Waals surface area contributed by atoms with Crippen LogP contribution in [0.15, 0.2) is 0 Å². The molecule has 0 amide bonds. The van der Waals surface area contributed by atoms with E-state index in [1.165, 1.54) is 6.92 Å². The summed E-state index contributed by atoms with van der Waals surface area (Å²) >= 11 is 0. The molecule has 0 aromatic heterocycles. The van der Waals surface area contributed by atoms with E-state index in [-0.39, 0.29) is 54.2 Å². The highest BCUT2D eigenvalue weighted by Gasteiger charge is 2.41. The number of carbonyl (C=O) groups excluding carboxylic acids is 2. The van der Waals surface area contributed by atoms with Gasteiger partial charge in [0.2, 0.25) is 0 Å². The fourth-order valence-corrected chi connectivity index (χ4v) is 5.87. The van der Waals surface area contributed by atoms with E-state index in [1.54, 1.807) is 6.92 Å². The highest BCUT2D eigenvalue weighted by Crippen LogP contribution is 2.34. The van der Waals surface area contributed by atoms with Crippen molar-refractivity contribution in [3.63, 3.8) is 0 Å². The zero-order chi connectivity index (χ0) is 24.9. The van der Waals surface area contributed by atoms with Crippen molar-refractivity contribution in [2.24, 2.45) is 29.6 Å². The normalized spacial score (nSPS) is 44.7. The van der Waals surface area contributed by atoms with Gasteiger partial charge in [0, 0.05) is 17.9 Å². The molecular weight excluding hydrogens is 422 g/mol. The maximum atomic E-state index is 13.2. The van der Waals surface area contributed by atoms with Gasteiger partial charge in [-0.1, -0.05) is 27.7 Å². The Hall–Kier alpha value is -1.02. The van der Waals surface area contributed by atoms with E-state index >= 15 is 0 Å². The molecule has 10 atom stereocenters. The van der Waals surface area contributed by atoms with E-state index in [4.69, 9.17) is 9.47 Å². The average Bonchev–Trinajstić information content (AvgIpc) is 2.74. The molecule has 2 aliphatic heterocycles. The van der Waals surface area contributed by atoms with Crippen LogP contribution >= 0.6 is 0 Å². The Morgan fingerprint density at radius 2 is 1.67 bits per heavy atom. The van der Waals surface area contributed by atoms with E-state index < -0.39 is 17.6 Å². The molecule has 0 aromatic rings. The third kappa shape index (κ3) is 8.01. The summed E-state index contributed by atoms with van der Waals surface area (Å²) in [5.41, 5.74) is -1.69. The van der Waals surface area contributed by atoms with Crippen molar-refractivity contribution in [2.45, 2.75) is 110 Å². The summed E-state index contributed by atoms with van der Waals surface area (Å²) in [5, 5.41) is 24.8. The van der Waals surface area contributed by atoms with Gasteiger partial charge in [0.25, 0.3) is 0 Å². The Morgan fingerprint density at radius 1 is 1.00 bits per heavy atom. The molecule has 2 aliphatic rings. The summed E-state index contributed by atoms with van der Waals surface area (Å²) in [7, 11) is 1.99. The molecule has 0 unspecified atom stereocenters. The van der Waals surface area contributed by atoms with Crippen LogP contribution in [0, 0.1) is 29.6 Å². The Kier molecular flexibility index (Phi) is 10.3. The number of ketones is 1. The Balaban J connectivity index is 2.23. The molecule has 7 heteroatoms. The first-order valence-corrected chi connectivity index (χ1v) is 12.8. The maximum absolute atomic E-state index is 13.2. The highest BCUT2D eigenvalue weighted by atomic mass is 16.5. The lowest BCUT2D eigenvalue weighted by Gasteiger charge is -2.37. The summed E-state index contributed by atoms with van der Waals surface area (Å²) in [5.74, 6) is -1.19. The molecule has 0 bridgehead atoms. The number of aliphatic hydroxyl groups is 2. The molecule has 192 valence electrons. The van der Waals surface area contributed by atoms with Gasteiger partial charge < -0.3 is 25.0 Å². The van der Waals surface area contributed by atoms with Crippen LogP contribution in [0.5, 0.6) is 0 Å². The molecule has 0 saturated carbocycles. The first kappa shape index (κ1) is 28.2. The monoisotopic (exact) mass is 469 g/mol. The number of carbonyl (C=O) groups is 2. The third-order valence-electron chi connectivity index (χ3n) is 7.73. The fourth-order valence-electron chi connectivity index (χ4n) is 5.87. The average molecular weight is 470 g/mol. The van der Waals surface area contributed by atoms with Gasteiger partial charge in [-0.25, -0.2) is 0 Å². The van der Waals surface area contributed by atoms with Gasteiger partial charge in [-0.2, -0.15) is 0 Å². The van der Waals surface area contributed by atoms with Crippen LogP contribution in [0.1, 0.15) is 80.1 Å². The minimum Gasteiger partial charge on any atom is -0.462 e. The smallest absolute Gasteiger partial charge is 0.308 e. The first-order valence-electron chi connectivity index (χ1n) is 12.8. The van der Waals surface area contributed by atoms with Crippen molar-refractivity contribution in [3.8, 4) is 0 Å². The maximum Gasteiger partial charge on any atom is 0.308 e. The van der Waals surface area contributed by atoms with Crippen molar-refractivity contribution in [1.82, 2.24) is 5.32 Å². The number of esters is 1. The Labute approximate surface area is 200 Å². The molecule has 0 spiro atoms. The highest BCUT2D eigenvalue weighted by molar-refractivity contribution is 5.83. The second-order valence-corrected chi connectivity index (χ2v) is 11.3. The molecule has 2 saturated heterocycles. The molecule has 3 N–H and O–H groups in total. The van der Waals surface area contributed by atoms with Gasteiger partial charge >= 0.3 is 5.97 Å². The number of hydrogen-bond donors (Lipinski definition) is 3. The molecule has 2 heterocycles. The van der Waals surface area contributed by atoms with Crippen LogP contribution < -0.4 is 5.32 Å². The third-order valence-corrected chi connectivity index (χ3v) is 7.73. The van der Waals surface area contributed by atoms with Crippen LogP contribution in [0.4, 0.5) is 0 Å². The lowest BCUT2D eigenvalue weighted by atomic mass is 9.76. The van der Waals surface area contributed by atoms with Gasteiger partial charge in [0.1, 0.15) is 18.0 Å². The SMILES string of the molecule is CN[C@@H]1C[C@H](C[C@@H]2C[C@@H](C)C[C@@H](C)C(=O)OC[C@@](C)(O)[C@H](O)[C@@H](C)C(=O)[C@H](C)C2)O[C@H](C)C1. The predicted molar refractivity (Wildman–Crippen MR) is 128 cm³/mol. The summed E-state index contributed by atoms with van der Waals surface area (Å²) in [6.07, 6.45) is 4.14. The van der Waals surface area contributed by atoms with E-state index in [9.17, 15) is 19.8 Å². The van der Waals surface area contributed by atoms with Crippen LogP contribution in [-0.2, 0) is 19.1 Å². The van der Waals surface area contributed by atoms with E-state index in [0.717, 1.165) is 25.7 Å². The molecule has 0 aliphatic carbocycles. The Morgan fingerprint density at radius 3 is 2.30 bits per heavy atom. The van der Waals surface area contributed by atoms with E-state index in [2.05, 4.69) is 19.2 Å². The Bertz CT molecular complexity index is 653. The number of nitrogens with one attached hydrogen (secondary N) is 1. The molecule has 2 fully saturated rings. The van der Waals surface area contributed by atoms with Gasteiger partial charge in [0.05, 0.1) is 24.2 Å². The molecular formula is C26H47NO6. The van der Waals surface area contributed by atoms with Crippen molar-refractivity contribution in [1.29, 1.82) is 0 Å². The van der Waals surface area contributed by atoms with Gasteiger partial charge in [0.15, 0.2) is 0 Å². The fraction of sp³-hybridized carbons (Fsp3) is 0.923. The molecule has 33 heavy (non-hydrogen) atoms. The van der Waals surface area contributed by atoms with E-state index in [0.29, 0.717) is 18.9 Å². The standard InChI is InChI=1S/C26H47NO6/c1-15-8-17(3)25(30)32-14-26(6,31)24(29)19(5)23(28)16(2)10-20(9-15)12-22-13-21(27-7)11-18(4)33-22/h15-22,24,27,29,31H,8-14H2,1-7H3/t15-,16+,17+,18+,19-,20+,21-,22-,24+,26+/m0/s1. The summed E-state index contributed by atoms with van der Waals surface area (Å²) in [4.78, 5) is 25.7. The molecule has 2 rings (SSSR count). The van der Waals surface area contributed by atoms with Crippen LogP contribution in [0.25, 0.3) is 0 Å². The topological polar surface area (TPSA) is 105 Å². The van der Waals surface area contributed by atoms with Gasteiger partial charge in [-0.05, 0) is 71.3 Å². The second kappa shape index (κ2) is 12.1. The summed E-state index contributed by atoms with van der Waals surface area (Å²) in [6, 6.07) is 0.431. The number of Topliss-reactive ketones (excluding diaryl/α,β-unsaturated/α-hetero) is 1.